The predicted octanol–water partition coefficient (Wildman–Crippen LogP) is 1.51. The number of hydrogen-bond donors (Lipinski definition) is 1. The first kappa shape index (κ1) is 12.0. The third-order valence-corrected chi connectivity index (χ3v) is 3.10. The second kappa shape index (κ2) is 5.23. The van der Waals surface area contributed by atoms with Crippen molar-refractivity contribution in [3.63, 3.8) is 0 Å². The molecule has 3 nitrogen and oxygen atoms in total. The molecule has 1 aliphatic carbocycles. The SMILES string of the molecule is CC(Cc1ccccc1)NC1C(=O)CCC1=O. The Morgan fingerprint density at radius 2 is 1.76 bits per heavy atom. The molecule has 3 heteroatoms. The molecule has 90 valence electrons. The molecule has 17 heavy (non-hydrogen) atoms. The van der Waals surface area contributed by atoms with Crippen molar-refractivity contribution in [3.8, 4) is 0 Å². The van der Waals surface area contributed by atoms with Crippen LogP contribution in [0.25, 0.3) is 0 Å². The number of Topliss-reactive ketones (excluding diaryl/α,β-unsaturated/α-hetero) is 2. The predicted molar refractivity (Wildman–Crippen MR) is 65.8 cm³/mol. The third kappa shape index (κ3) is 3.01. The average Bonchev–Trinajstić information content (AvgIpc) is 2.62. The minimum atomic E-state index is -0.561. The molecule has 2 rings (SSSR count). The Balaban J connectivity index is 1.91. The van der Waals surface area contributed by atoms with Gasteiger partial charge in [-0.15, -0.1) is 0 Å². The lowest BCUT2D eigenvalue weighted by atomic mass is 10.1. The van der Waals surface area contributed by atoms with E-state index in [1.54, 1.807) is 0 Å². The summed E-state index contributed by atoms with van der Waals surface area (Å²) in [5.41, 5.74) is 1.21. The van der Waals surface area contributed by atoms with Gasteiger partial charge in [0, 0.05) is 18.9 Å². The number of carbonyl (C=O) groups excluding carboxylic acids is 2. The van der Waals surface area contributed by atoms with E-state index in [1.165, 1.54) is 5.56 Å². The van der Waals surface area contributed by atoms with Crippen molar-refractivity contribution < 1.29 is 9.59 Å². The van der Waals surface area contributed by atoms with Crippen molar-refractivity contribution in [1.82, 2.24) is 5.32 Å². The Hall–Kier alpha value is -1.48. The Morgan fingerprint density at radius 3 is 2.35 bits per heavy atom. The second-order valence-electron chi connectivity index (χ2n) is 4.62. The first-order valence-corrected chi connectivity index (χ1v) is 6.02. The van der Waals surface area contributed by atoms with E-state index in [0.29, 0.717) is 12.8 Å². The van der Waals surface area contributed by atoms with Crippen LogP contribution in [0.3, 0.4) is 0 Å². The zero-order valence-electron chi connectivity index (χ0n) is 9.98. The molecule has 0 saturated heterocycles. The molecule has 0 heterocycles. The summed E-state index contributed by atoms with van der Waals surface area (Å²) in [5.74, 6) is 0.0739. The van der Waals surface area contributed by atoms with Crippen LogP contribution in [0.1, 0.15) is 25.3 Å². The average molecular weight is 231 g/mol. The van der Waals surface area contributed by atoms with Crippen molar-refractivity contribution in [3.05, 3.63) is 35.9 Å². The van der Waals surface area contributed by atoms with Crippen molar-refractivity contribution in [2.75, 3.05) is 0 Å². The lowest BCUT2D eigenvalue weighted by Crippen LogP contribution is -2.44. The van der Waals surface area contributed by atoms with Gasteiger partial charge < -0.3 is 0 Å². The molecule has 0 radical (unpaired) electrons. The summed E-state index contributed by atoms with van der Waals surface area (Å²) in [6.07, 6.45) is 1.63. The summed E-state index contributed by atoms with van der Waals surface area (Å²) in [4.78, 5) is 23.0. The van der Waals surface area contributed by atoms with Crippen molar-refractivity contribution >= 4 is 11.6 Å². The molecule has 0 aliphatic heterocycles. The lowest BCUT2D eigenvalue weighted by Gasteiger charge is -2.17. The van der Waals surface area contributed by atoms with E-state index in [1.807, 2.05) is 25.1 Å². The van der Waals surface area contributed by atoms with Gasteiger partial charge in [0.2, 0.25) is 0 Å². The summed E-state index contributed by atoms with van der Waals surface area (Å²) in [6.45, 7) is 2.01. The topological polar surface area (TPSA) is 46.2 Å². The molecule has 1 N–H and O–H groups in total. The van der Waals surface area contributed by atoms with E-state index < -0.39 is 6.04 Å². The fourth-order valence-corrected chi connectivity index (χ4v) is 2.21. The quantitative estimate of drug-likeness (QED) is 0.799. The van der Waals surface area contributed by atoms with Crippen LogP contribution in [0.2, 0.25) is 0 Å². The van der Waals surface area contributed by atoms with E-state index in [-0.39, 0.29) is 17.6 Å². The Bertz CT molecular complexity index is 397. The van der Waals surface area contributed by atoms with Gasteiger partial charge in [-0.05, 0) is 18.9 Å². The molecule has 1 saturated carbocycles. The van der Waals surface area contributed by atoms with Crippen molar-refractivity contribution in [1.29, 1.82) is 0 Å². The van der Waals surface area contributed by atoms with E-state index >= 15 is 0 Å². The minimum Gasteiger partial charge on any atom is -0.298 e. The standard InChI is InChI=1S/C14H17NO2/c1-10(9-11-5-3-2-4-6-11)15-14-12(16)7-8-13(14)17/h2-6,10,14-15H,7-9H2,1H3. The normalized spacial score (nSPS) is 18.6. The van der Waals surface area contributed by atoms with Crippen LogP contribution >= 0.6 is 0 Å². The summed E-state index contributed by atoms with van der Waals surface area (Å²) in [6, 6.07) is 9.64. The van der Waals surface area contributed by atoms with Gasteiger partial charge in [0.25, 0.3) is 0 Å². The minimum absolute atomic E-state index is 0.0370. The number of hydrogen-bond acceptors (Lipinski definition) is 3. The van der Waals surface area contributed by atoms with E-state index in [2.05, 4.69) is 17.4 Å². The van der Waals surface area contributed by atoms with Crippen molar-refractivity contribution in [2.24, 2.45) is 0 Å². The maximum atomic E-state index is 11.5. The maximum Gasteiger partial charge on any atom is 0.157 e. The highest BCUT2D eigenvalue weighted by atomic mass is 16.2. The molecule has 1 aromatic carbocycles. The molecule has 0 aromatic heterocycles. The summed E-state index contributed by atoms with van der Waals surface area (Å²) >= 11 is 0. The number of ketones is 2. The molecule has 1 unspecified atom stereocenters. The summed E-state index contributed by atoms with van der Waals surface area (Å²) < 4.78 is 0. The first-order valence-electron chi connectivity index (χ1n) is 6.02. The van der Waals surface area contributed by atoms with Gasteiger partial charge >= 0.3 is 0 Å². The Labute approximate surface area is 101 Å². The van der Waals surface area contributed by atoms with Gasteiger partial charge in [-0.2, -0.15) is 0 Å². The number of nitrogens with one attached hydrogen (secondary N) is 1. The first-order chi connectivity index (χ1) is 8.16. The van der Waals surface area contributed by atoms with Crippen LogP contribution in [-0.4, -0.2) is 23.7 Å². The molecule has 1 aliphatic rings. The molecule has 1 fully saturated rings. The van der Waals surface area contributed by atoms with Crippen LogP contribution in [-0.2, 0) is 16.0 Å². The largest absolute Gasteiger partial charge is 0.298 e. The Kier molecular flexibility index (Phi) is 3.69. The molecule has 0 amide bonds. The third-order valence-electron chi connectivity index (χ3n) is 3.10. The Morgan fingerprint density at radius 1 is 1.18 bits per heavy atom. The second-order valence-corrected chi connectivity index (χ2v) is 4.62. The van der Waals surface area contributed by atoms with Gasteiger partial charge in [-0.25, -0.2) is 0 Å². The van der Waals surface area contributed by atoms with E-state index in [4.69, 9.17) is 0 Å². The lowest BCUT2D eigenvalue weighted by molar-refractivity contribution is -0.124. The fraction of sp³-hybridized carbons (Fsp3) is 0.429. The molecule has 0 bridgehead atoms. The number of carbonyl (C=O) groups is 2. The van der Waals surface area contributed by atoms with Gasteiger partial charge in [0.05, 0.1) is 0 Å². The van der Waals surface area contributed by atoms with Crippen LogP contribution in [0, 0.1) is 0 Å². The van der Waals surface area contributed by atoms with E-state index in [9.17, 15) is 9.59 Å². The number of rotatable bonds is 4. The maximum absolute atomic E-state index is 11.5. The van der Waals surface area contributed by atoms with Gasteiger partial charge in [0.15, 0.2) is 11.6 Å². The van der Waals surface area contributed by atoms with Crippen LogP contribution in [0.4, 0.5) is 0 Å². The highest BCUT2D eigenvalue weighted by Gasteiger charge is 2.33. The van der Waals surface area contributed by atoms with E-state index in [0.717, 1.165) is 6.42 Å². The monoisotopic (exact) mass is 231 g/mol. The number of benzene rings is 1. The zero-order chi connectivity index (χ0) is 12.3. The van der Waals surface area contributed by atoms with Gasteiger partial charge in [-0.3, -0.25) is 14.9 Å². The molecular formula is C14H17NO2. The van der Waals surface area contributed by atoms with Crippen LogP contribution < -0.4 is 5.32 Å². The highest BCUT2D eigenvalue weighted by molar-refractivity contribution is 6.12. The summed E-state index contributed by atoms with van der Waals surface area (Å²) in [5, 5.41) is 3.13. The van der Waals surface area contributed by atoms with Crippen LogP contribution in [0.5, 0.6) is 0 Å². The van der Waals surface area contributed by atoms with Crippen LogP contribution in [0.15, 0.2) is 30.3 Å². The van der Waals surface area contributed by atoms with Gasteiger partial charge in [-0.1, -0.05) is 30.3 Å². The summed E-state index contributed by atoms with van der Waals surface area (Å²) in [7, 11) is 0. The molecular weight excluding hydrogens is 214 g/mol. The molecule has 1 aromatic rings. The van der Waals surface area contributed by atoms with Crippen molar-refractivity contribution in [2.45, 2.75) is 38.3 Å². The molecule has 1 atom stereocenters. The zero-order valence-corrected chi connectivity index (χ0v) is 9.98. The smallest absolute Gasteiger partial charge is 0.157 e. The van der Waals surface area contributed by atoms with Gasteiger partial charge in [0.1, 0.15) is 6.04 Å². The highest BCUT2D eigenvalue weighted by Crippen LogP contribution is 2.12. The molecule has 0 spiro atoms. The fourth-order valence-electron chi connectivity index (χ4n) is 2.21.